The van der Waals surface area contributed by atoms with E-state index >= 15 is 0 Å². The first-order chi connectivity index (χ1) is 12.0. The van der Waals surface area contributed by atoms with Gasteiger partial charge in [0.15, 0.2) is 6.10 Å². The SMILES string of the molecule is C[C@@H](OC(=O)c1ccc2nccnc2c1)C(=O)Nc1cccc(F)c1. The Hall–Kier alpha value is -3.35. The molecule has 6 nitrogen and oxygen atoms in total. The summed E-state index contributed by atoms with van der Waals surface area (Å²) in [6.45, 7) is 1.44. The number of esters is 1. The van der Waals surface area contributed by atoms with E-state index in [4.69, 9.17) is 4.74 Å². The van der Waals surface area contributed by atoms with Crippen LogP contribution in [0.1, 0.15) is 17.3 Å². The zero-order valence-corrected chi connectivity index (χ0v) is 13.3. The Bertz CT molecular complexity index is 946. The summed E-state index contributed by atoms with van der Waals surface area (Å²) in [7, 11) is 0. The van der Waals surface area contributed by atoms with Crippen molar-refractivity contribution in [1.29, 1.82) is 0 Å². The number of hydrogen-bond acceptors (Lipinski definition) is 5. The van der Waals surface area contributed by atoms with Crippen LogP contribution < -0.4 is 5.32 Å². The fourth-order valence-electron chi connectivity index (χ4n) is 2.18. The molecule has 0 saturated carbocycles. The van der Waals surface area contributed by atoms with Crippen LogP contribution in [0.2, 0.25) is 0 Å². The van der Waals surface area contributed by atoms with Gasteiger partial charge in [-0.1, -0.05) is 6.07 Å². The van der Waals surface area contributed by atoms with Gasteiger partial charge in [0, 0.05) is 18.1 Å². The molecule has 0 aliphatic heterocycles. The van der Waals surface area contributed by atoms with E-state index in [1.165, 1.54) is 37.4 Å². The summed E-state index contributed by atoms with van der Waals surface area (Å²) in [6.07, 6.45) is 2.03. The Morgan fingerprint density at radius 3 is 2.60 bits per heavy atom. The van der Waals surface area contributed by atoms with E-state index in [9.17, 15) is 14.0 Å². The Morgan fingerprint density at radius 1 is 1.08 bits per heavy atom. The Labute approximate surface area is 142 Å². The molecular weight excluding hydrogens is 325 g/mol. The van der Waals surface area contributed by atoms with Crippen molar-refractivity contribution in [3.8, 4) is 0 Å². The number of aromatic nitrogens is 2. The summed E-state index contributed by atoms with van der Waals surface area (Å²) in [6, 6.07) is 10.2. The maximum atomic E-state index is 13.1. The highest BCUT2D eigenvalue weighted by Gasteiger charge is 2.19. The van der Waals surface area contributed by atoms with Crippen molar-refractivity contribution < 1.29 is 18.7 Å². The van der Waals surface area contributed by atoms with Gasteiger partial charge >= 0.3 is 5.97 Å². The lowest BCUT2D eigenvalue weighted by Gasteiger charge is -2.13. The lowest BCUT2D eigenvalue weighted by Crippen LogP contribution is -2.30. The zero-order valence-electron chi connectivity index (χ0n) is 13.3. The third kappa shape index (κ3) is 3.95. The molecule has 0 saturated heterocycles. The standard InChI is InChI=1S/C18H14FN3O3/c1-11(17(23)22-14-4-2-3-13(19)10-14)25-18(24)12-5-6-15-16(9-12)21-8-7-20-15/h2-11H,1H3,(H,22,23)/t11-/m1/s1. The van der Waals surface area contributed by atoms with Gasteiger partial charge in [-0.15, -0.1) is 0 Å². The maximum Gasteiger partial charge on any atom is 0.338 e. The van der Waals surface area contributed by atoms with E-state index in [0.29, 0.717) is 11.0 Å². The largest absolute Gasteiger partial charge is 0.449 e. The average molecular weight is 339 g/mol. The molecule has 0 radical (unpaired) electrons. The Morgan fingerprint density at radius 2 is 1.84 bits per heavy atom. The van der Waals surface area contributed by atoms with E-state index in [1.54, 1.807) is 24.4 Å². The minimum atomic E-state index is -1.05. The number of amides is 1. The highest BCUT2D eigenvalue weighted by molar-refractivity contribution is 5.98. The topological polar surface area (TPSA) is 81.2 Å². The number of benzene rings is 2. The molecule has 1 heterocycles. The van der Waals surface area contributed by atoms with Crippen LogP contribution in [0.15, 0.2) is 54.9 Å². The first-order valence-corrected chi connectivity index (χ1v) is 7.51. The minimum absolute atomic E-state index is 0.262. The van der Waals surface area contributed by atoms with Gasteiger partial charge in [0.25, 0.3) is 5.91 Å². The third-order valence-electron chi connectivity index (χ3n) is 3.45. The number of nitrogens with zero attached hydrogens (tertiary/aromatic N) is 2. The maximum absolute atomic E-state index is 13.1. The third-order valence-corrected chi connectivity index (χ3v) is 3.45. The Balaban J connectivity index is 1.67. The molecule has 1 amide bonds. The summed E-state index contributed by atoms with van der Waals surface area (Å²) in [4.78, 5) is 32.5. The molecule has 7 heteroatoms. The molecule has 0 spiro atoms. The van der Waals surface area contributed by atoms with Crippen molar-refractivity contribution in [2.24, 2.45) is 0 Å². The van der Waals surface area contributed by atoms with Crippen LogP contribution in [0.25, 0.3) is 11.0 Å². The molecule has 0 aliphatic rings. The number of rotatable bonds is 4. The van der Waals surface area contributed by atoms with Crippen molar-refractivity contribution >= 4 is 28.6 Å². The highest BCUT2D eigenvalue weighted by atomic mass is 19.1. The van der Waals surface area contributed by atoms with E-state index in [-0.39, 0.29) is 11.3 Å². The number of hydrogen-bond donors (Lipinski definition) is 1. The first kappa shape index (κ1) is 16.5. The smallest absolute Gasteiger partial charge is 0.338 e. The van der Waals surface area contributed by atoms with Crippen molar-refractivity contribution in [3.63, 3.8) is 0 Å². The highest BCUT2D eigenvalue weighted by Crippen LogP contribution is 2.14. The molecule has 0 fully saturated rings. The molecule has 0 aliphatic carbocycles. The fraction of sp³-hybridized carbons (Fsp3) is 0.111. The van der Waals surface area contributed by atoms with Crippen LogP contribution in [-0.2, 0) is 9.53 Å². The van der Waals surface area contributed by atoms with Gasteiger partial charge in [0.1, 0.15) is 5.82 Å². The lowest BCUT2D eigenvalue weighted by atomic mass is 10.2. The second kappa shape index (κ2) is 7.04. The fourth-order valence-corrected chi connectivity index (χ4v) is 2.18. The zero-order chi connectivity index (χ0) is 17.8. The van der Waals surface area contributed by atoms with Crippen molar-refractivity contribution in [1.82, 2.24) is 9.97 Å². The van der Waals surface area contributed by atoms with Gasteiger partial charge in [0.2, 0.25) is 0 Å². The molecule has 1 aromatic heterocycles. The van der Waals surface area contributed by atoms with E-state index < -0.39 is 23.8 Å². The molecule has 3 aromatic rings. The number of halogens is 1. The van der Waals surface area contributed by atoms with Crippen molar-refractivity contribution in [3.05, 3.63) is 66.2 Å². The molecule has 3 rings (SSSR count). The van der Waals surface area contributed by atoms with Gasteiger partial charge in [-0.2, -0.15) is 0 Å². The molecule has 2 aromatic carbocycles. The summed E-state index contributed by atoms with van der Waals surface area (Å²) in [5.41, 5.74) is 1.75. The van der Waals surface area contributed by atoms with E-state index in [1.807, 2.05) is 0 Å². The molecule has 0 bridgehead atoms. The van der Waals surface area contributed by atoms with Crippen molar-refractivity contribution in [2.45, 2.75) is 13.0 Å². The molecule has 1 atom stereocenters. The molecular formula is C18H14FN3O3. The second-order valence-electron chi connectivity index (χ2n) is 5.31. The monoisotopic (exact) mass is 339 g/mol. The molecule has 0 unspecified atom stereocenters. The van der Waals surface area contributed by atoms with Crippen LogP contribution in [0.4, 0.5) is 10.1 Å². The normalized spacial score (nSPS) is 11.8. The molecule has 1 N–H and O–H groups in total. The summed E-state index contributed by atoms with van der Waals surface area (Å²) in [5.74, 6) is -1.69. The quantitative estimate of drug-likeness (QED) is 0.739. The summed E-state index contributed by atoms with van der Waals surface area (Å²) >= 11 is 0. The van der Waals surface area contributed by atoms with Gasteiger partial charge in [-0.3, -0.25) is 14.8 Å². The number of carbonyl (C=O) groups excluding carboxylic acids is 2. The number of anilines is 1. The Kier molecular flexibility index (Phi) is 4.65. The predicted molar refractivity (Wildman–Crippen MR) is 89.4 cm³/mol. The average Bonchev–Trinajstić information content (AvgIpc) is 2.61. The number of fused-ring (bicyclic) bond motifs is 1. The number of carbonyl (C=O) groups is 2. The van der Waals surface area contributed by atoms with Gasteiger partial charge < -0.3 is 10.1 Å². The predicted octanol–water partition coefficient (Wildman–Crippen LogP) is 2.95. The van der Waals surface area contributed by atoms with Crippen LogP contribution >= 0.6 is 0 Å². The summed E-state index contributed by atoms with van der Waals surface area (Å²) in [5, 5.41) is 2.49. The van der Waals surface area contributed by atoms with Crippen LogP contribution in [0, 0.1) is 5.82 Å². The van der Waals surface area contributed by atoms with E-state index in [0.717, 1.165) is 0 Å². The van der Waals surface area contributed by atoms with Crippen LogP contribution in [-0.4, -0.2) is 27.9 Å². The van der Waals surface area contributed by atoms with Gasteiger partial charge in [-0.05, 0) is 43.3 Å². The second-order valence-corrected chi connectivity index (χ2v) is 5.31. The van der Waals surface area contributed by atoms with Crippen molar-refractivity contribution in [2.75, 3.05) is 5.32 Å². The molecule has 25 heavy (non-hydrogen) atoms. The summed E-state index contributed by atoms with van der Waals surface area (Å²) < 4.78 is 18.3. The number of nitrogens with one attached hydrogen (secondary N) is 1. The number of ether oxygens (including phenoxy) is 1. The van der Waals surface area contributed by atoms with Gasteiger partial charge in [0.05, 0.1) is 16.6 Å². The minimum Gasteiger partial charge on any atom is -0.449 e. The van der Waals surface area contributed by atoms with E-state index in [2.05, 4.69) is 15.3 Å². The lowest BCUT2D eigenvalue weighted by molar-refractivity contribution is -0.123. The first-order valence-electron chi connectivity index (χ1n) is 7.51. The van der Waals surface area contributed by atoms with Crippen LogP contribution in [0.5, 0.6) is 0 Å². The van der Waals surface area contributed by atoms with Gasteiger partial charge in [-0.25, -0.2) is 9.18 Å². The van der Waals surface area contributed by atoms with Crippen LogP contribution in [0.3, 0.4) is 0 Å². The molecule has 126 valence electrons.